The highest BCUT2D eigenvalue weighted by Gasteiger charge is 2.15. The Hall–Kier alpha value is -3.32. The second kappa shape index (κ2) is 10.8. The summed E-state index contributed by atoms with van der Waals surface area (Å²) in [6.45, 7) is 6.16. The molecular weight excluding hydrogens is 472 g/mol. The van der Waals surface area contributed by atoms with E-state index in [1.807, 2.05) is 32.9 Å². The normalized spacial score (nSPS) is 10.4. The number of aryl methyl sites for hydroxylation is 2. The van der Waals surface area contributed by atoms with Crippen LogP contribution in [0.25, 0.3) is 0 Å². The number of hydrogen-bond acceptors (Lipinski definition) is 4. The van der Waals surface area contributed by atoms with Crippen LogP contribution in [0.3, 0.4) is 0 Å². The van der Waals surface area contributed by atoms with Crippen molar-refractivity contribution in [2.24, 2.45) is 0 Å². The molecule has 0 saturated heterocycles. The van der Waals surface area contributed by atoms with Crippen LogP contribution in [0.1, 0.15) is 28.4 Å². The molecule has 0 aliphatic heterocycles. The standard InChI is InChI=1S/C25H25BrN2O4/c1-4-31-20-11-9-19(10-12-20)27-25(30)21-7-5-6-8-22(21)28-23(29)15-32-24-16(2)13-18(26)14-17(24)3/h5-14H,4,15H2,1-3H3,(H,27,30)(H,28,29). The summed E-state index contributed by atoms with van der Waals surface area (Å²) in [5, 5.41) is 5.61. The Morgan fingerprint density at radius 1 is 0.906 bits per heavy atom. The van der Waals surface area contributed by atoms with Crippen LogP contribution in [-0.2, 0) is 4.79 Å². The lowest BCUT2D eigenvalue weighted by Gasteiger charge is -2.14. The summed E-state index contributed by atoms with van der Waals surface area (Å²) in [4.78, 5) is 25.3. The van der Waals surface area contributed by atoms with E-state index < -0.39 is 0 Å². The van der Waals surface area contributed by atoms with Gasteiger partial charge in [-0.15, -0.1) is 0 Å². The van der Waals surface area contributed by atoms with E-state index in [0.717, 1.165) is 21.3 Å². The number of carbonyl (C=O) groups is 2. The van der Waals surface area contributed by atoms with Crippen LogP contribution in [0, 0.1) is 13.8 Å². The van der Waals surface area contributed by atoms with E-state index in [-0.39, 0.29) is 18.4 Å². The third-order valence-electron chi connectivity index (χ3n) is 4.64. The van der Waals surface area contributed by atoms with Gasteiger partial charge in [-0.25, -0.2) is 0 Å². The molecule has 3 aromatic rings. The van der Waals surface area contributed by atoms with Crippen molar-refractivity contribution in [2.45, 2.75) is 20.8 Å². The van der Waals surface area contributed by atoms with Gasteiger partial charge in [0.2, 0.25) is 0 Å². The van der Waals surface area contributed by atoms with Crippen LogP contribution in [-0.4, -0.2) is 25.0 Å². The van der Waals surface area contributed by atoms with Crippen molar-refractivity contribution in [2.75, 3.05) is 23.8 Å². The SMILES string of the molecule is CCOc1ccc(NC(=O)c2ccccc2NC(=O)COc2c(C)cc(Br)cc2C)cc1. The summed E-state index contributed by atoms with van der Waals surface area (Å²) in [5.41, 5.74) is 3.25. The largest absolute Gasteiger partial charge is 0.494 e. The molecular formula is C25H25BrN2O4. The molecule has 7 heteroatoms. The minimum atomic E-state index is -0.354. The molecule has 0 heterocycles. The first-order chi connectivity index (χ1) is 15.4. The van der Waals surface area contributed by atoms with Crippen molar-refractivity contribution in [3.63, 3.8) is 0 Å². The number of carbonyl (C=O) groups excluding carboxylic acids is 2. The minimum absolute atomic E-state index is 0.168. The Morgan fingerprint density at radius 2 is 1.56 bits per heavy atom. The minimum Gasteiger partial charge on any atom is -0.494 e. The van der Waals surface area contributed by atoms with Gasteiger partial charge in [-0.1, -0.05) is 28.1 Å². The Kier molecular flexibility index (Phi) is 7.89. The molecule has 3 aromatic carbocycles. The average Bonchev–Trinajstić information content (AvgIpc) is 2.75. The van der Waals surface area contributed by atoms with E-state index in [9.17, 15) is 9.59 Å². The molecule has 0 bridgehead atoms. The molecule has 166 valence electrons. The molecule has 32 heavy (non-hydrogen) atoms. The molecule has 0 fully saturated rings. The number of nitrogens with one attached hydrogen (secondary N) is 2. The Morgan fingerprint density at radius 3 is 2.22 bits per heavy atom. The molecule has 0 unspecified atom stereocenters. The molecule has 3 rings (SSSR count). The number of anilines is 2. The third kappa shape index (κ3) is 6.11. The second-order valence-electron chi connectivity index (χ2n) is 7.16. The summed E-state index contributed by atoms with van der Waals surface area (Å²) in [5.74, 6) is 0.720. The summed E-state index contributed by atoms with van der Waals surface area (Å²) >= 11 is 3.45. The number of rotatable bonds is 8. The predicted octanol–water partition coefficient (Wildman–Crippen LogP) is 5.73. The highest BCUT2D eigenvalue weighted by molar-refractivity contribution is 9.10. The third-order valence-corrected chi connectivity index (χ3v) is 5.10. The van der Waals surface area contributed by atoms with Crippen molar-refractivity contribution >= 4 is 39.1 Å². The fourth-order valence-corrected chi connectivity index (χ4v) is 3.93. The zero-order chi connectivity index (χ0) is 23.1. The molecule has 0 radical (unpaired) electrons. The van der Waals surface area contributed by atoms with Gasteiger partial charge in [0, 0.05) is 10.2 Å². The summed E-state index contributed by atoms with van der Waals surface area (Å²) in [7, 11) is 0. The van der Waals surface area contributed by atoms with E-state index in [1.54, 1.807) is 48.5 Å². The van der Waals surface area contributed by atoms with E-state index in [4.69, 9.17) is 9.47 Å². The van der Waals surface area contributed by atoms with Crippen molar-refractivity contribution in [1.29, 1.82) is 0 Å². The molecule has 6 nitrogen and oxygen atoms in total. The monoisotopic (exact) mass is 496 g/mol. The Labute approximate surface area is 196 Å². The van der Waals surface area contributed by atoms with Crippen molar-refractivity contribution in [3.05, 3.63) is 81.8 Å². The predicted molar refractivity (Wildman–Crippen MR) is 130 cm³/mol. The lowest BCUT2D eigenvalue weighted by Crippen LogP contribution is -2.23. The number of halogens is 1. The van der Waals surface area contributed by atoms with Gasteiger partial charge in [0.05, 0.1) is 17.9 Å². The van der Waals surface area contributed by atoms with Gasteiger partial charge in [-0.3, -0.25) is 9.59 Å². The van der Waals surface area contributed by atoms with E-state index in [2.05, 4.69) is 26.6 Å². The number of benzene rings is 3. The molecule has 0 atom stereocenters. The molecule has 2 N–H and O–H groups in total. The lowest BCUT2D eigenvalue weighted by atomic mass is 10.1. The van der Waals surface area contributed by atoms with E-state index in [0.29, 0.717) is 29.3 Å². The first kappa shape index (κ1) is 23.3. The fourth-order valence-electron chi connectivity index (χ4n) is 3.24. The number of amides is 2. The van der Waals surface area contributed by atoms with Crippen LogP contribution >= 0.6 is 15.9 Å². The molecule has 0 saturated carbocycles. The van der Waals surface area contributed by atoms with Crippen LogP contribution in [0.5, 0.6) is 11.5 Å². The van der Waals surface area contributed by atoms with Crippen molar-refractivity contribution in [1.82, 2.24) is 0 Å². The van der Waals surface area contributed by atoms with Crippen molar-refractivity contribution < 1.29 is 19.1 Å². The molecule has 2 amide bonds. The van der Waals surface area contributed by atoms with Crippen molar-refractivity contribution in [3.8, 4) is 11.5 Å². The smallest absolute Gasteiger partial charge is 0.262 e. The van der Waals surface area contributed by atoms with Gasteiger partial charge >= 0.3 is 0 Å². The topological polar surface area (TPSA) is 76.7 Å². The van der Waals surface area contributed by atoms with Gasteiger partial charge in [-0.2, -0.15) is 0 Å². The summed E-state index contributed by atoms with van der Waals surface area (Å²) < 4.78 is 12.1. The van der Waals surface area contributed by atoms with Crippen LogP contribution < -0.4 is 20.1 Å². The maximum atomic E-state index is 12.8. The van der Waals surface area contributed by atoms with Crippen LogP contribution in [0.2, 0.25) is 0 Å². The lowest BCUT2D eigenvalue weighted by molar-refractivity contribution is -0.118. The zero-order valence-electron chi connectivity index (χ0n) is 18.2. The molecule has 0 spiro atoms. The van der Waals surface area contributed by atoms with Gasteiger partial charge in [0.15, 0.2) is 6.61 Å². The maximum absolute atomic E-state index is 12.8. The fraction of sp³-hybridized carbons (Fsp3) is 0.200. The Bertz CT molecular complexity index is 1090. The van der Waals surface area contributed by atoms with Gasteiger partial charge in [0.1, 0.15) is 11.5 Å². The number of ether oxygens (including phenoxy) is 2. The molecule has 0 aliphatic rings. The van der Waals surface area contributed by atoms with Crippen LogP contribution in [0.4, 0.5) is 11.4 Å². The highest BCUT2D eigenvalue weighted by atomic mass is 79.9. The second-order valence-corrected chi connectivity index (χ2v) is 8.08. The quantitative estimate of drug-likeness (QED) is 0.417. The van der Waals surface area contributed by atoms with Gasteiger partial charge in [-0.05, 0) is 80.4 Å². The maximum Gasteiger partial charge on any atom is 0.262 e. The van der Waals surface area contributed by atoms with Gasteiger partial charge in [0.25, 0.3) is 11.8 Å². The molecule has 0 aliphatic carbocycles. The zero-order valence-corrected chi connectivity index (χ0v) is 19.8. The average molecular weight is 497 g/mol. The first-order valence-electron chi connectivity index (χ1n) is 10.2. The summed E-state index contributed by atoms with van der Waals surface area (Å²) in [6.07, 6.45) is 0. The highest BCUT2D eigenvalue weighted by Crippen LogP contribution is 2.27. The van der Waals surface area contributed by atoms with E-state index in [1.165, 1.54) is 0 Å². The number of para-hydroxylation sites is 1. The van der Waals surface area contributed by atoms with Crippen LogP contribution in [0.15, 0.2) is 65.1 Å². The summed E-state index contributed by atoms with van der Waals surface area (Å²) in [6, 6.07) is 17.8. The van der Waals surface area contributed by atoms with E-state index >= 15 is 0 Å². The van der Waals surface area contributed by atoms with Gasteiger partial charge < -0.3 is 20.1 Å². The molecule has 0 aromatic heterocycles. The first-order valence-corrected chi connectivity index (χ1v) is 11.0. The Balaban J connectivity index is 1.65. The number of hydrogen-bond donors (Lipinski definition) is 2.